The zero-order valence-electron chi connectivity index (χ0n) is 12.0. The van der Waals surface area contributed by atoms with E-state index in [1.807, 2.05) is 6.07 Å². The van der Waals surface area contributed by atoms with Gasteiger partial charge in [0.05, 0.1) is 0 Å². The molecule has 0 amide bonds. The van der Waals surface area contributed by atoms with Crippen LogP contribution in [-0.2, 0) is 6.42 Å². The first-order chi connectivity index (χ1) is 9.67. The first-order valence-corrected chi connectivity index (χ1v) is 8.22. The summed E-state index contributed by atoms with van der Waals surface area (Å²) in [4.78, 5) is 0. The molecule has 2 aliphatic rings. The summed E-state index contributed by atoms with van der Waals surface area (Å²) in [6.45, 7) is 3.25. The number of nitrogens with one attached hydrogen (secondary N) is 1. The van der Waals surface area contributed by atoms with Crippen LogP contribution in [0.4, 0.5) is 4.39 Å². The third kappa shape index (κ3) is 3.17. The second-order valence-electron chi connectivity index (χ2n) is 6.49. The lowest BCUT2D eigenvalue weighted by molar-refractivity contribution is 0.332. The highest BCUT2D eigenvalue weighted by molar-refractivity contribution is 6.31. The largest absolute Gasteiger partial charge is 0.313 e. The van der Waals surface area contributed by atoms with Crippen LogP contribution in [0.25, 0.3) is 0 Å². The molecule has 1 N–H and O–H groups in total. The molecule has 20 heavy (non-hydrogen) atoms. The fraction of sp³-hybridized carbons (Fsp3) is 0.647. The van der Waals surface area contributed by atoms with Crippen LogP contribution in [0.15, 0.2) is 18.2 Å². The van der Waals surface area contributed by atoms with E-state index in [1.54, 1.807) is 0 Å². The number of fused-ring (bicyclic) bond motifs is 1. The van der Waals surface area contributed by atoms with Crippen LogP contribution in [0.5, 0.6) is 0 Å². The molecule has 0 heterocycles. The lowest BCUT2D eigenvalue weighted by atomic mass is 9.89. The molecule has 0 aliphatic heterocycles. The molecule has 3 unspecified atom stereocenters. The molecule has 0 saturated heterocycles. The Kier molecular flexibility index (Phi) is 4.32. The van der Waals surface area contributed by atoms with Gasteiger partial charge in [0.15, 0.2) is 0 Å². The molecule has 3 rings (SSSR count). The first kappa shape index (κ1) is 14.3. The van der Waals surface area contributed by atoms with Crippen LogP contribution in [0.1, 0.15) is 38.2 Å². The second kappa shape index (κ2) is 6.03. The molecular weight excluding hydrogens is 273 g/mol. The van der Waals surface area contributed by atoms with Gasteiger partial charge in [0, 0.05) is 11.1 Å². The van der Waals surface area contributed by atoms with Gasteiger partial charge in [0.1, 0.15) is 5.82 Å². The smallest absolute Gasteiger partial charge is 0.124 e. The Morgan fingerprint density at radius 1 is 1.30 bits per heavy atom. The van der Waals surface area contributed by atoms with E-state index in [4.69, 9.17) is 11.6 Å². The first-order valence-electron chi connectivity index (χ1n) is 7.84. The zero-order valence-corrected chi connectivity index (χ0v) is 12.8. The number of halogens is 2. The number of hydrogen-bond donors (Lipinski definition) is 1. The molecule has 3 heteroatoms. The van der Waals surface area contributed by atoms with Gasteiger partial charge in [-0.25, -0.2) is 4.39 Å². The average Bonchev–Trinajstić information content (AvgIpc) is 3.03. The van der Waals surface area contributed by atoms with Crippen molar-refractivity contribution in [2.45, 2.75) is 45.1 Å². The van der Waals surface area contributed by atoms with Crippen LogP contribution < -0.4 is 5.32 Å². The van der Waals surface area contributed by atoms with E-state index < -0.39 is 0 Å². The highest BCUT2D eigenvalue weighted by Crippen LogP contribution is 2.55. The van der Waals surface area contributed by atoms with Gasteiger partial charge in [0.25, 0.3) is 0 Å². The Balaban J connectivity index is 1.68. The van der Waals surface area contributed by atoms with E-state index in [0.717, 1.165) is 42.7 Å². The summed E-state index contributed by atoms with van der Waals surface area (Å²) in [7, 11) is 0. The Morgan fingerprint density at radius 3 is 2.70 bits per heavy atom. The summed E-state index contributed by atoms with van der Waals surface area (Å²) in [5, 5.41) is 4.26. The molecular formula is C17H23ClFN. The third-order valence-corrected chi connectivity index (χ3v) is 5.31. The summed E-state index contributed by atoms with van der Waals surface area (Å²) in [5.74, 6) is 2.51. The maximum atomic E-state index is 13.1. The van der Waals surface area contributed by atoms with E-state index in [2.05, 4.69) is 12.2 Å². The number of rotatable bonds is 6. The molecule has 1 aromatic carbocycles. The highest BCUT2D eigenvalue weighted by atomic mass is 35.5. The average molecular weight is 296 g/mol. The molecule has 2 aliphatic carbocycles. The summed E-state index contributed by atoms with van der Waals surface area (Å²) in [6, 6.07) is 5.28. The monoisotopic (exact) mass is 295 g/mol. The van der Waals surface area contributed by atoms with Gasteiger partial charge in [-0.05, 0) is 74.1 Å². The summed E-state index contributed by atoms with van der Waals surface area (Å²) in [6.07, 6.45) is 6.25. The van der Waals surface area contributed by atoms with E-state index in [-0.39, 0.29) is 5.82 Å². The van der Waals surface area contributed by atoms with Gasteiger partial charge in [0.2, 0.25) is 0 Å². The highest BCUT2D eigenvalue weighted by Gasteiger charge is 2.47. The molecule has 2 fully saturated rings. The summed E-state index contributed by atoms with van der Waals surface area (Å²) < 4.78 is 13.1. The predicted molar refractivity (Wildman–Crippen MR) is 81.5 cm³/mol. The predicted octanol–water partition coefficient (Wildman–Crippen LogP) is 4.44. The Bertz CT molecular complexity index is 466. The molecule has 110 valence electrons. The molecule has 2 saturated carbocycles. The molecule has 0 bridgehead atoms. The standard InChI is InChI=1S/C17H23ClFN/c1-2-5-20-17(14-7-12-6-13(12)8-14)9-11-3-4-15(19)10-16(11)18/h3-4,10,12-14,17,20H,2,5-9H2,1H3. The van der Waals surface area contributed by atoms with Crippen molar-refractivity contribution in [2.75, 3.05) is 6.54 Å². The van der Waals surface area contributed by atoms with Crippen molar-refractivity contribution < 1.29 is 4.39 Å². The quantitative estimate of drug-likeness (QED) is 0.818. The molecule has 3 atom stereocenters. The minimum atomic E-state index is -0.251. The van der Waals surface area contributed by atoms with Crippen LogP contribution >= 0.6 is 11.6 Å². The third-order valence-electron chi connectivity index (χ3n) is 4.96. The number of benzene rings is 1. The normalized spacial score (nSPS) is 29.2. The van der Waals surface area contributed by atoms with Gasteiger partial charge in [-0.2, -0.15) is 0 Å². The Hall–Kier alpha value is -0.600. The van der Waals surface area contributed by atoms with Crippen molar-refractivity contribution in [3.05, 3.63) is 34.6 Å². The van der Waals surface area contributed by atoms with E-state index >= 15 is 0 Å². The van der Waals surface area contributed by atoms with Crippen LogP contribution in [0.3, 0.4) is 0 Å². The van der Waals surface area contributed by atoms with Gasteiger partial charge in [-0.1, -0.05) is 24.6 Å². The minimum Gasteiger partial charge on any atom is -0.313 e. The van der Waals surface area contributed by atoms with Crippen molar-refractivity contribution in [1.29, 1.82) is 0 Å². The summed E-state index contributed by atoms with van der Waals surface area (Å²) in [5.41, 5.74) is 1.07. The van der Waals surface area contributed by atoms with Crippen LogP contribution in [0, 0.1) is 23.6 Å². The molecule has 0 spiro atoms. The SMILES string of the molecule is CCCNC(Cc1ccc(F)cc1Cl)C1CC2CC2C1. The van der Waals surface area contributed by atoms with Gasteiger partial charge in [-0.3, -0.25) is 0 Å². The summed E-state index contributed by atoms with van der Waals surface area (Å²) >= 11 is 6.18. The van der Waals surface area contributed by atoms with E-state index in [1.165, 1.54) is 31.4 Å². The molecule has 1 aromatic rings. The van der Waals surface area contributed by atoms with Gasteiger partial charge in [-0.15, -0.1) is 0 Å². The topological polar surface area (TPSA) is 12.0 Å². The molecule has 0 aromatic heterocycles. The van der Waals surface area contributed by atoms with Gasteiger partial charge >= 0.3 is 0 Å². The maximum absolute atomic E-state index is 13.1. The van der Waals surface area contributed by atoms with Crippen molar-refractivity contribution >= 4 is 11.6 Å². The van der Waals surface area contributed by atoms with Crippen molar-refractivity contribution in [3.63, 3.8) is 0 Å². The zero-order chi connectivity index (χ0) is 14.1. The Morgan fingerprint density at radius 2 is 2.05 bits per heavy atom. The Labute approximate surface area is 125 Å². The lowest BCUT2D eigenvalue weighted by Gasteiger charge is -2.26. The maximum Gasteiger partial charge on any atom is 0.124 e. The molecule has 1 nitrogen and oxygen atoms in total. The minimum absolute atomic E-state index is 0.251. The molecule has 0 radical (unpaired) electrons. The fourth-order valence-corrected chi connectivity index (χ4v) is 3.99. The van der Waals surface area contributed by atoms with Crippen molar-refractivity contribution in [1.82, 2.24) is 5.32 Å². The van der Waals surface area contributed by atoms with Crippen LogP contribution in [-0.4, -0.2) is 12.6 Å². The number of hydrogen-bond acceptors (Lipinski definition) is 1. The van der Waals surface area contributed by atoms with E-state index in [9.17, 15) is 4.39 Å². The lowest BCUT2D eigenvalue weighted by Crippen LogP contribution is -2.38. The van der Waals surface area contributed by atoms with Crippen molar-refractivity contribution in [3.8, 4) is 0 Å². The van der Waals surface area contributed by atoms with Crippen LogP contribution in [0.2, 0.25) is 5.02 Å². The van der Waals surface area contributed by atoms with Crippen molar-refractivity contribution in [2.24, 2.45) is 17.8 Å². The van der Waals surface area contributed by atoms with Gasteiger partial charge < -0.3 is 5.32 Å². The van der Waals surface area contributed by atoms with E-state index in [0.29, 0.717) is 11.1 Å². The fourth-order valence-electron chi connectivity index (χ4n) is 3.75. The second-order valence-corrected chi connectivity index (χ2v) is 6.90.